The van der Waals surface area contributed by atoms with Gasteiger partial charge in [-0.15, -0.1) is 0 Å². The second-order valence-electron chi connectivity index (χ2n) is 9.65. The van der Waals surface area contributed by atoms with Crippen LogP contribution in [0.15, 0.2) is 52.9 Å². The third-order valence-corrected chi connectivity index (χ3v) is 6.70. The van der Waals surface area contributed by atoms with Gasteiger partial charge in [0.15, 0.2) is 5.60 Å². The maximum absolute atomic E-state index is 15.1. The molecule has 0 radical (unpaired) electrons. The molecule has 200 valence electrons. The van der Waals surface area contributed by atoms with E-state index in [-0.39, 0.29) is 36.4 Å². The zero-order valence-electron chi connectivity index (χ0n) is 20.6. The van der Waals surface area contributed by atoms with Gasteiger partial charge in [0.1, 0.15) is 11.6 Å². The van der Waals surface area contributed by atoms with E-state index in [1.54, 1.807) is 36.4 Å². The number of amides is 2. The summed E-state index contributed by atoms with van der Waals surface area (Å²) in [5.41, 5.74) is 1.37. The molecule has 2 fully saturated rings. The van der Waals surface area contributed by atoms with E-state index in [1.807, 2.05) is 0 Å². The topological polar surface area (TPSA) is 83.8 Å². The Bertz CT molecular complexity index is 1390. The van der Waals surface area contributed by atoms with Crippen LogP contribution in [0.4, 0.5) is 28.0 Å². The van der Waals surface area contributed by atoms with Gasteiger partial charge < -0.3 is 19.8 Å². The van der Waals surface area contributed by atoms with Crippen LogP contribution in [0.1, 0.15) is 36.0 Å². The van der Waals surface area contributed by atoms with Crippen LogP contribution in [0.5, 0.6) is 0 Å². The maximum Gasteiger partial charge on any atom is 0.449 e. The van der Waals surface area contributed by atoms with Crippen LogP contribution >= 0.6 is 0 Å². The number of halogens is 4. The first kappa shape index (κ1) is 25.8. The van der Waals surface area contributed by atoms with Crippen molar-refractivity contribution in [2.24, 2.45) is 0 Å². The molecule has 38 heavy (non-hydrogen) atoms. The third kappa shape index (κ3) is 5.10. The van der Waals surface area contributed by atoms with Crippen molar-refractivity contribution < 1.29 is 36.3 Å². The summed E-state index contributed by atoms with van der Waals surface area (Å²) in [6, 6.07) is 12.6. The number of furan rings is 1. The molecule has 2 amide bonds. The molecule has 2 heterocycles. The largest absolute Gasteiger partial charge is 0.456 e. The van der Waals surface area contributed by atoms with Gasteiger partial charge in [0.05, 0.1) is 18.3 Å². The minimum absolute atomic E-state index is 0.0180. The molecule has 2 atom stereocenters. The standard InChI is InChI=1S/C27H25F4N3O4/c1-15-9-19(24(37-15)27(29,30)31)13-32-12-17-3-5-18(6-4-17)21-8-7-20(10-22(21)28)34-14-26(38-25(34)36)11-23(26)33-16(2)35/h3-10,23,32H,11-14H2,1-2H3,(H,33,35)/t23-,26?/m1/s1. The Kier molecular flexibility index (Phi) is 6.42. The third-order valence-electron chi connectivity index (χ3n) is 6.70. The lowest BCUT2D eigenvalue weighted by molar-refractivity contribution is -0.154. The van der Waals surface area contributed by atoms with Crippen LogP contribution in [-0.4, -0.2) is 30.2 Å². The van der Waals surface area contributed by atoms with Gasteiger partial charge in [0, 0.05) is 37.6 Å². The Morgan fingerprint density at radius 3 is 2.53 bits per heavy atom. The number of hydrogen-bond acceptors (Lipinski definition) is 5. The zero-order valence-corrected chi connectivity index (χ0v) is 20.6. The van der Waals surface area contributed by atoms with Crippen molar-refractivity contribution in [3.8, 4) is 11.1 Å². The molecule has 1 aliphatic heterocycles. The number of rotatable bonds is 7. The maximum atomic E-state index is 15.1. The van der Waals surface area contributed by atoms with Crippen molar-refractivity contribution in [1.82, 2.24) is 10.6 Å². The Balaban J connectivity index is 1.21. The molecule has 2 aromatic carbocycles. The zero-order chi connectivity index (χ0) is 27.2. The monoisotopic (exact) mass is 531 g/mol. The van der Waals surface area contributed by atoms with E-state index in [1.165, 1.54) is 30.9 Å². The number of hydrogen-bond donors (Lipinski definition) is 2. The molecule has 1 aliphatic carbocycles. The summed E-state index contributed by atoms with van der Waals surface area (Å²) < 4.78 is 64.6. The van der Waals surface area contributed by atoms with Gasteiger partial charge >= 0.3 is 12.3 Å². The summed E-state index contributed by atoms with van der Waals surface area (Å²) >= 11 is 0. The molecule has 2 aliphatic rings. The van der Waals surface area contributed by atoms with Crippen molar-refractivity contribution in [2.75, 3.05) is 11.4 Å². The summed E-state index contributed by atoms with van der Waals surface area (Å²) in [5.74, 6) is -1.54. The van der Waals surface area contributed by atoms with Gasteiger partial charge in [-0.05, 0) is 42.3 Å². The number of alkyl halides is 3. The highest BCUT2D eigenvalue weighted by molar-refractivity contribution is 5.91. The number of carbonyl (C=O) groups excluding carboxylic acids is 2. The van der Waals surface area contributed by atoms with Gasteiger partial charge in [-0.2, -0.15) is 13.2 Å². The number of nitrogens with one attached hydrogen (secondary N) is 2. The highest BCUT2D eigenvalue weighted by atomic mass is 19.4. The van der Waals surface area contributed by atoms with Crippen LogP contribution in [0, 0.1) is 12.7 Å². The lowest BCUT2D eigenvalue weighted by Gasteiger charge is -2.15. The first-order valence-electron chi connectivity index (χ1n) is 12.0. The molecule has 1 saturated carbocycles. The SMILES string of the molecule is CC(=O)N[C@@H]1CC12CN(c1ccc(-c3ccc(CNCc4cc(C)oc4C(F)(F)F)cc3)c(F)c1)C(=O)O2. The number of carbonyl (C=O) groups is 2. The number of ether oxygens (including phenoxy) is 1. The lowest BCUT2D eigenvalue weighted by atomic mass is 10.0. The van der Waals surface area contributed by atoms with Gasteiger partial charge in [-0.1, -0.05) is 24.3 Å². The number of benzene rings is 2. The molecule has 11 heteroatoms. The van der Waals surface area contributed by atoms with E-state index in [0.29, 0.717) is 29.8 Å². The fourth-order valence-electron chi connectivity index (χ4n) is 4.78. The summed E-state index contributed by atoms with van der Waals surface area (Å²) in [5, 5.41) is 5.72. The molecule has 1 unspecified atom stereocenters. The normalized spacial score (nSPS) is 20.6. The van der Waals surface area contributed by atoms with Crippen LogP contribution in [0.25, 0.3) is 11.1 Å². The number of anilines is 1. The molecular weight excluding hydrogens is 506 g/mol. The Morgan fingerprint density at radius 1 is 1.13 bits per heavy atom. The van der Waals surface area contributed by atoms with Crippen LogP contribution in [-0.2, 0) is 28.8 Å². The molecule has 0 bridgehead atoms. The van der Waals surface area contributed by atoms with E-state index < -0.39 is 29.4 Å². The van der Waals surface area contributed by atoms with E-state index >= 15 is 4.39 Å². The molecule has 1 saturated heterocycles. The van der Waals surface area contributed by atoms with Gasteiger partial charge in [0.25, 0.3) is 0 Å². The first-order valence-corrected chi connectivity index (χ1v) is 12.0. The molecular formula is C27H25F4N3O4. The van der Waals surface area contributed by atoms with Crippen molar-refractivity contribution in [2.45, 2.75) is 51.2 Å². The Morgan fingerprint density at radius 2 is 1.87 bits per heavy atom. The van der Waals surface area contributed by atoms with Crippen molar-refractivity contribution in [3.63, 3.8) is 0 Å². The molecule has 1 aromatic heterocycles. The van der Waals surface area contributed by atoms with Gasteiger partial charge in [0.2, 0.25) is 11.7 Å². The smallest absolute Gasteiger partial charge is 0.449 e. The van der Waals surface area contributed by atoms with Crippen molar-refractivity contribution in [1.29, 1.82) is 0 Å². The minimum atomic E-state index is -4.56. The predicted molar refractivity (Wildman–Crippen MR) is 130 cm³/mol. The summed E-state index contributed by atoms with van der Waals surface area (Å²) in [6.45, 7) is 3.37. The summed E-state index contributed by atoms with van der Waals surface area (Å²) in [7, 11) is 0. The van der Waals surface area contributed by atoms with E-state index in [2.05, 4.69) is 10.6 Å². The van der Waals surface area contributed by atoms with Crippen molar-refractivity contribution in [3.05, 3.63) is 77.0 Å². The van der Waals surface area contributed by atoms with Crippen LogP contribution in [0.2, 0.25) is 0 Å². The highest BCUT2D eigenvalue weighted by Crippen LogP contribution is 2.46. The quantitative estimate of drug-likeness (QED) is 0.404. The predicted octanol–water partition coefficient (Wildman–Crippen LogP) is 5.31. The van der Waals surface area contributed by atoms with Crippen LogP contribution in [0.3, 0.4) is 0 Å². The second-order valence-corrected chi connectivity index (χ2v) is 9.65. The molecule has 1 spiro atoms. The Labute approximate surface area is 215 Å². The summed E-state index contributed by atoms with van der Waals surface area (Å²) in [6.07, 6.45) is -4.63. The average Bonchev–Trinajstić information content (AvgIpc) is 3.15. The van der Waals surface area contributed by atoms with E-state index in [4.69, 9.17) is 9.15 Å². The highest BCUT2D eigenvalue weighted by Gasteiger charge is 2.64. The minimum Gasteiger partial charge on any atom is -0.456 e. The fourth-order valence-corrected chi connectivity index (χ4v) is 4.78. The van der Waals surface area contributed by atoms with E-state index in [9.17, 15) is 22.8 Å². The fraction of sp³-hybridized carbons (Fsp3) is 0.333. The summed E-state index contributed by atoms with van der Waals surface area (Å²) in [4.78, 5) is 25.1. The average molecular weight is 532 g/mol. The molecule has 7 nitrogen and oxygen atoms in total. The van der Waals surface area contributed by atoms with Crippen LogP contribution < -0.4 is 15.5 Å². The van der Waals surface area contributed by atoms with Crippen molar-refractivity contribution >= 4 is 17.7 Å². The number of nitrogens with zero attached hydrogens (tertiary/aromatic N) is 1. The van der Waals surface area contributed by atoms with Gasteiger partial charge in [-0.3, -0.25) is 9.69 Å². The first-order chi connectivity index (χ1) is 17.9. The lowest BCUT2D eigenvalue weighted by Crippen LogP contribution is -2.33. The number of aryl methyl sites for hydroxylation is 1. The molecule has 5 rings (SSSR count). The van der Waals surface area contributed by atoms with Gasteiger partial charge in [-0.25, -0.2) is 9.18 Å². The second kappa shape index (κ2) is 9.46. The molecule has 2 N–H and O–H groups in total. The van der Waals surface area contributed by atoms with E-state index in [0.717, 1.165) is 5.56 Å². The Hall–Kier alpha value is -3.86. The molecule has 3 aromatic rings.